The molecule has 0 aliphatic heterocycles. The summed E-state index contributed by atoms with van der Waals surface area (Å²) < 4.78 is 11.7. The topological polar surface area (TPSA) is 104 Å². The van der Waals surface area contributed by atoms with Gasteiger partial charge in [0.1, 0.15) is 11.0 Å². The molecule has 0 amide bonds. The van der Waals surface area contributed by atoms with E-state index in [4.69, 9.17) is 20.3 Å². The van der Waals surface area contributed by atoms with Crippen LogP contribution in [0.15, 0.2) is 33.1 Å². The Balaban J connectivity index is 1.61. The van der Waals surface area contributed by atoms with Crippen LogP contribution in [0.1, 0.15) is 22.9 Å². The summed E-state index contributed by atoms with van der Waals surface area (Å²) in [6, 6.07) is 7.40. The van der Waals surface area contributed by atoms with Gasteiger partial charge in [-0.15, -0.1) is 0 Å². The maximum atomic E-state index is 5.85. The standard InChI is InChI=1S/C18H18N4O2/c1-9-5-11(19)7-13-17(9)23-15(21-13)3-4-16-22-14-8-12(20)6-10(2)18(14)24-16/h5-8H,3-4,19-20H2,1-2H3. The summed E-state index contributed by atoms with van der Waals surface area (Å²) in [4.78, 5) is 9.00. The molecule has 0 fully saturated rings. The van der Waals surface area contributed by atoms with Crippen molar-refractivity contribution in [1.29, 1.82) is 0 Å². The highest BCUT2D eigenvalue weighted by molar-refractivity contribution is 5.81. The average Bonchev–Trinajstić information content (AvgIpc) is 3.08. The van der Waals surface area contributed by atoms with Crippen LogP contribution in [0.5, 0.6) is 0 Å². The molecule has 2 aromatic carbocycles. The molecule has 2 aromatic heterocycles. The van der Waals surface area contributed by atoms with Gasteiger partial charge in [-0.2, -0.15) is 0 Å². The van der Waals surface area contributed by atoms with Gasteiger partial charge in [0, 0.05) is 24.2 Å². The molecule has 0 bridgehead atoms. The Morgan fingerprint density at radius 3 is 1.58 bits per heavy atom. The van der Waals surface area contributed by atoms with Crippen molar-refractivity contribution < 1.29 is 8.83 Å². The third kappa shape index (κ3) is 2.46. The molecule has 0 spiro atoms. The van der Waals surface area contributed by atoms with Crippen molar-refractivity contribution >= 4 is 33.6 Å². The highest BCUT2D eigenvalue weighted by atomic mass is 16.4. The predicted octanol–water partition coefficient (Wildman–Crippen LogP) is 3.54. The number of aromatic nitrogens is 2. The number of nitrogens with zero attached hydrogens (tertiary/aromatic N) is 2. The lowest BCUT2D eigenvalue weighted by Crippen LogP contribution is -1.91. The fourth-order valence-electron chi connectivity index (χ4n) is 2.97. The number of rotatable bonds is 3. The van der Waals surface area contributed by atoms with Gasteiger partial charge in [-0.25, -0.2) is 9.97 Å². The predicted molar refractivity (Wildman–Crippen MR) is 93.7 cm³/mol. The maximum Gasteiger partial charge on any atom is 0.196 e. The van der Waals surface area contributed by atoms with Crippen LogP contribution < -0.4 is 11.5 Å². The molecule has 4 rings (SSSR count). The molecule has 6 heteroatoms. The molecule has 0 saturated heterocycles. The molecule has 0 atom stereocenters. The Hall–Kier alpha value is -3.02. The number of fused-ring (bicyclic) bond motifs is 2. The Kier molecular flexibility index (Phi) is 3.19. The number of hydrogen-bond acceptors (Lipinski definition) is 6. The molecule has 122 valence electrons. The van der Waals surface area contributed by atoms with E-state index in [1.807, 2.05) is 38.1 Å². The molecule has 6 nitrogen and oxygen atoms in total. The van der Waals surface area contributed by atoms with E-state index in [1.165, 1.54) is 0 Å². The van der Waals surface area contributed by atoms with Crippen LogP contribution in [0.2, 0.25) is 0 Å². The first-order valence-electron chi connectivity index (χ1n) is 7.80. The average molecular weight is 322 g/mol. The van der Waals surface area contributed by atoms with Gasteiger partial charge in [-0.1, -0.05) is 0 Å². The maximum absolute atomic E-state index is 5.85. The first-order chi connectivity index (χ1) is 11.5. The summed E-state index contributed by atoms with van der Waals surface area (Å²) in [6.07, 6.45) is 1.21. The third-order valence-electron chi connectivity index (χ3n) is 4.04. The van der Waals surface area contributed by atoms with E-state index >= 15 is 0 Å². The van der Waals surface area contributed by atoms with E-state index in [0.717, 1.165) is 33.3 Å². The summed E-state index contributed by atoms with van der Waals surface area (Å²) in [5.41, 5.74) is 18.2. The number of anilines is 2. The lowest BCUT2D eigenvalue weighted by atomic mass is 10.2. The van der Waals surface area contributed by atoms with Gasteiger partial charge in [-0.05, 0) is 49.2 Å². The normalized spacial score (nSPS) is 11.6. The lowest BCUT2D eigenvalue weighted by Gasteiger charge is -1.95. The number of nitrogen functional groups attached to an aromatic ring is 2. The third-order valence-corrected chi connectivity index (χ3v) is 4.04. The minimum atomic E-state index is 0.607. The number of benzene rings is 2. The largest absolute Gasteiger partial charge is 0.440 e. The Labute approximate surface area is 138 Å². The summed E-state index contributed by atoms with van der Waals surface area (Å²) in [5, 5.41) is 0. The number of hydrogen-bond donors (Lipinski definition) is 2. The van der Waals surface area contributed by atoms with Crippen molar-refractivity contribution in [3.63, 3.8) is 0 Å². The molecule has 24 heavy (non-hydrogen) atoms. The first-order valence-corrected chi connectivity index (χ1v) is 7.80. The van der Waals surface area contributed by atoms with Crippen LogP contribution in [0.25, 0.3) is 22.2 Å². The zero-order valence-corrected chi connectivity index (χ0v) is 13.6. The summed E-state index contributed by atoms with van der Waals surface area (Å²) in [7, 11) is 0. The molecule has 4 N–H and O–H groups in total. The lowest BCUT2D eigenvalue weighted by molar-refractivity contribution is 0.486. The fourth-order valence-corrected chi connectivity index (χ4v) is 2.97. The van der Waals surface area contributed by atoms with Crippen molar-refractivity contribution in [2.75, 3.05) is 11.5 Å². The minimum Gasteiger partial charge on any atom is -0.440 e. The van der Waals surface area contributed by atoms with Crippen molar-refractivity contribution in [3.8, 4) is 0 Å². The van der Waals surface area contributed by atoms with E-state index in [1.54, 1.807) is 0 Å². The zero-order valence-electron chi connectivity index (χ0n) is 13.6. The molecule has 2 heterocycles. The van der Waals surface area contributed by atoms with Crippen molar-refractivity contribution in [2.24, 2.45) is 0 Å². The van der Waals surface area contributed by atoms with Gasteiger partial charge in [-0.3, -0.25) is 0 Å². The molecular formula is C18H18N4O2. The smallest absolute Gasteiger partial charge is 0.196 e. The molecule has 0 aliphatic rings. The van der Waals surface area contributed by atoms with Gasteiger partial charge < -0.3 is 20.3 Å². The molecule has 0 saturated carbocycles. The van der Waals surface area contributed by atoms with Crippen molar-refractivity contribution in [2.45, 2.75) is 26.7 Å². The monoisotopic (exact) mass is 322 g/mol. The molecule has 0 radical (unpaired) electrons. The Bertz CT molecular complexity index is 976. The summed E-state index contributed by atoms with van der Waals surface area (Å²) >= 11 is 0. The summed E-state index contributed by atoms with van der Waals surface area (Å²) in [6.45, 7) is 3.92. The van der Waals surface area contributed by atoms with Crippen LogP contribution in [0, 0.1) is 13.8 Å². The van der Waals surface area contributed by atoms with E-state index in [0.29, 0.717) is 36.0 Å². The first kappa shape index (κ1) is 14.6. The zero-order chi connectivity index (χ0) is 16.8. The van der Waals surface area contributed by atoms with E-state index in [2.05, 4.69) is 9.97 Å². The van der Waals surface area contributed by atoms with Crippen LogP contribution in [-0.4, -0.2) is 9.97 Å². The Morgan fingerprint density at radius 1 is 0.750 bits per heavy atom. The molecule has 0 aliphatic carbocycles. The van der Waals surface area contributed by atoms with Gasteiger partial charge in [0.2, 0.25) is 0 Å². The van der Waals surface area contributed by atoms with Gasteiger partial charge in [0.15, 0.2) is 22.9 Å². The van der Waals surface area contributed by atoms with Crippen molar-refractivity contribution in [1.82, 2.24) is 9.97 Å². The van der Waals surface area contributed by atoms with E-state index < -0.39 is 0 Å². The van der Waals surface area contributed by atoms with Crippen LogP contribution >= 0.6 is 0 Å². The summed E-state index contributed by atoms with van der Waals surface area (Å²) in [5.74, 6) is 1.30. The van der Waals surface area contributed by atoms with Crippen molar-refractivity contribution in [3.05, 3.63) is 47.2 Å². The van der Waals surface area contributed by atoms with Gasteiger partial charge >= 0.3 is 0 Å². The number of aryl methyl sites for hydroxylation is 4. The highest BCUT2D eigenvalue weighted by Crippen LogP contribution is 2.25. The van der Waals surface area contributed by atoms with E-state index in [-0.39, 0.29) is 0 Å². The number of oxazole rings is 2. The van der Waals surface area contributed by atoms with Crippen LogP contribution in [0.3, 0.4) is 0 Å². The highest BCUT2D eigenvalue weighted by Gasteiger charge is 2.13. The molecule has 4 aromatic rings. The van der Waals surface area contributed by atoms with Gasteiger partial charge in [0.05, 0.1) is 0 Å². The number of nitrogens with two attached hydrogens (primary N) is 2. The quantitative estimate of drug-likeness (QED) is 0.559. The second-order valence-electron chi connectivity index (χ2n) is 6.09. The SMILES string of the molecule is Cc1cc(N)cc2nc(CCc3nc4cc(N)cc(C)c4o3)oc12. The minimum absolute atomic E-state index is 0.607. The van der Waals surface area contributed by atoms with Gasteiger partial charge in [0.25, 0.3) is 0 Å². The van der Waals surface area contributed by atoms with E-state index in [9.17, 15) is 0 Å². The van der Waals surface area contributed by atoms with Crippen LogP contribution in [-0.2, 0) is 12.8 Å². The second kappa shape index (κ2) is 5.26. The molecular weight excluding hydrogens is 304 g/mol. The molecule has 0 unspecified atom stereocenters. The van der Waals surface area contributed by atoms with Crippen LogP contribution in [0.4, 0.5) is 11.4 Å². The fraction of sp³-hybridized carbons (Fsp3) is 0.222. The Morgan fingerprint density at radius 2 is 1.17 bits per heavy atom. The second-order valence-corrected chi connectivity index (χ2v) is 6.09.